The number of oxazole rings is 1. The molecule has 2 bridgehead atoms. The molecule has 1 aliphatic heterocycles. The number of hydrogen-bond acceptors (Lipinski definition) is 4. The molecule has 0 spiro atoms. The molecule has 2 aliphatic rings. The quantitative estimate of drug-likeness (QED) is 0.939. The van der Waals surface area contributed by atoms with Crippen molar-refractivity contribution in [2.45, 2.75) is 31.8 Å². The largest absolute Gasteiger partial charge is 0.476 e. The van der Waals surface area contributed by atoms with Crippen LogP contribution in [0.4, 0.5) is 0 Å². The standard InChI is InChI=1S/C17H18N2O3/c20-17(21)15-14(10-19-9-11-6-7-13(19)8-11)22-16(18-15)12-4-2-1-3-5-12/h1-5,11,13H,6-10H2,(H,20,21). The normalized spacial score (nSPS) is 24.0. The minimum absolute atomic E-state index is 0.0432. The van der Waals surface area contributed by atoms with Crippen molar-refractivity contribution in [1.82, 2.24) is 9.88 Å². The van der Waals surface area contributed by atoms with E-state index in [0.717, 1.165) is 18.0 Å². The number of benzene rings is 1. The summed E-state index contributed by atoms with van der Waals surface area (Å²) in [6, 6.07) is 10.0. The van der Waals surface area contributed by atoms with Gasteiger partial charge in [0.25, 0.3) is 0 Å². The van der Waals surface area contributed by atoms with Crippen LogP contribution in [0.25, 0.3) is 11.5 Å². The average Bonchev–Trinajstić information content (AvgIpc) is 3.23. The van der Waals surface area contributed by atoms with Gasteiger partial charge in [0.1, 0.15) is 0 Å². The van der Waals surface area contributed by atoms with Gasteiger partial charge >= 0.3 is 5.97 Å². The molecule has 1 saturated heterocycles. The van der Waals surface area contributed by atoms with Gasteiger partial charge in [-0.15, -0.1) is 0 Å². The molecule has 114 valence electrons. The second-order valence-electron chi connectivity index (χ2n) is 6.22. The smallest absolute Gasteiger partial charge is 0.358 e. The van der Waals surface area contributed by atoms with Gasteiger partial charge in [0.2, 0.25) is 5.89 Å². The molecule has 22 heavy (non-hydrogen) atoms. The van der Waals surface area contributed by atoms with E-state index in [4.69, 9.17) is 4.42 Å². The van der Waals surface area contributed by atoms with Gasteiger partial charge in [0.05, 0.1) is 6.54 Å². The van der Waals surface area contributed by atoms with Gasteiger partial charge in [-0.05, 0) is 37.3 Å². The van der Waals surface area contributed by atoms with E-state index in [2.05, 4.69) is 9.88 Å². The summed E-state index contributed by atoms with van der Waals surface area (Å²) < 4.78 is 5.80. The molecule has 2 heterocycles. The van der Waals surface area contributed by atoms with Crippen LogP contribution in [0.2, 0.25) is 0 Å². The zero-order chi connectivity index (χ0) is 15.1. The van der Waals surface area contributed by atoms with E-state index in [1.807, 2.05) is 30.3 Å². The Hall–Kier alpha value is -2.14. The van der Waals surface area contributed by atoms with Crippen LogP contribution in [0.1, 0.15) is 35.5 Å². The van der Waals surface area contributed by atoms with Gasteiger partial charge in [-0.3, -0.25) is 4.90 Å². The zero-order valence-electron chi connectivity index (χ0n) is 12.2. The Bertz CT molecular complexity index is 695. The molecule has 1 saturated carbocycles. The summed E-state index contributed by atoms with van der Waals surface area (Å²) >= 11 is 0. The van der Waals surface area contributed by atoms with Crippen molar-refractivity contribution in [3.05, 3.63) is 41.8 Å². The Morgan fingerprint density at radius 2 is 2.14 bits per heavy atom. The van der Waals surface area contributed by atoms with Crippen molar-refractivity contribution in [2.24, 2.45) is 5.92 Å². The number of hydrogen-bond donors (Lipinski definition) is 1. The van der Waals surface area contributed by atoms with Crippen molar-refractivity contribution in [2.75, 3.05) is 6.54 Å². The number of carboxylic acids is 1. The Labute approximate surface area is 128 Å². The van der Waals surface area contributed by atoms with E-state index in [9.17, 15) is 9.90 Å². The van der Waals surface area contributed by atoms with Gasteiger partial charge in [0, 0.05) is 18.2 Å². The van der Waals surface area contributed by atoms with E-state index < -0.39 is 5.97 Å². The van der Waals surface area contributed by atoms with E-state index in [-0.39, 0.29) is 5.69 Å². The number of fused-ring (bicyclic) bond motifs is 2. The van der Waals surface area contributed by atoms with Crippen molar-refractivity contribution in [1.29, 1.82) is 0 Å². The summed E-state index contributed by atoms with van der Waals surface area (Å²) in [6.07, 6.45) is 3.76. The summed E-state index contributed by atoms with van der Waals surface area (Å²) in [7, 11) is 0. The topological polar surface area (TPSA) is 66.6 Å². The lowest BCUT2D eigenvalue weighted by Crippen LogP contribution is -2.31. The van der Waals surface area contributed by atoms with E-state index >= 15 is 0 Å². The predicted octanol–water partition coefficient (Wildman–Crippen LogP) is 3.02. The molecule has 0 radical (unpaired) electrons. The summed E-state index contributed by atoms with van der Waals surface area (Å²) in [5, 5.41) is 9.39. The number of piperidine rings is 1. The lowest BCUT2D eigenvalue weighted by molar-refractivity contribution is 0.0686. The molecule has 1 aromatic heterocycles. The maximum atomic E-state index is 11.5. The molecular formula is C17H18N2O3. The maximum absolute atomic E-state index is 11.5. The first-order valence-electron chi connectivity index (χ1n) is 7.73. The van der Waals surface area contributed by atoms with Crippen molar-refractivity contribution in [3.63, 3.8) is 0 Å². The fourth-order valence-corrected chi connectivity index (χ4v) is 3.74. The predicted molar refractivity (Wildman–Crippen MR) is 80.4 cm³/mol. The molecule has 5 heteroatoms. The van der Waals surface area contributed by atoms with Crippen LogP contribution >= 0.6 is 0 Å². The highest BCUT2D eigenvalue weighted by atomic mass is 16.4. The van der Waals surface area contributed by atoms with Crippen LogP contribution in [0.15, 0.2) is 34.7 Å². The van der Waals surface area contributed by atoms with E-state index in [0.29, 0.717) is 24.2 Å². The zero-order valence-corrected chi connectivity index (χ0v) is 12.2. The number of aromatic nitrogens is 1. The molecule has 1 aromatic carbocycles. The third-order valence-corrected chi connectivity index (χ3v) is 4.79. The molecule has 5 nitrogen and oxygen atoms in total. The fraction of sp³-hybridized carbons (Fsp3) is 0.412. The summed E-state index contributed by atoms with van der Waals surface area (Å²) in [4.78, 5) is 18.0. The Balaban J connectivity index is 1.63. The molecule has 2 atom stereocenters. The summed E-state index contributed by atoms with van der Waals surface area (Å²) in [5.74, 6) is 0.608. The Morgan fingerprint density at radius 1 is 1.32 bits per heavy atom. The number of rotatable bonds is 4. The average molecular weight is 298 g/mol. The highest BCUT2D eigenvalue weighted by molar-refractivity contribution is 5.87. The van der Waals surface area contributed by atoms with Crippen molar-refractivity contribution < 1.29 is 14.3 Å². The number of carboxylic acid groups (broad SMARTS) is 1. The van der Waals surface area contributed by atoms with Crippen molar-refractivity contribution >= 4 is 5.97 Å². The van der Waals surface area contributed by atoms with E-state index in [1.54, 1.807) is 0 Å². The van der Waals surface area contributed by atoms with Crippen LogP contribution < -0.4 is 0 Å². The third-order valence-electron chi connectivity index (χ3n) is 4.79. The first kappa shape index (κ1) is 13.5. The van der Waals surface area contributed by atoms with E-state index in [1.165, 1.54) is 19.3 Å². The molecular weight excluding hydrogens is 280 g/mol. The van der Waals surface area contributed by atoms with Gasteiger partial charge in [-0.25, -0.2) is 9.78 Å². The highest BCUT2D eigenvalue weighted by Gasteiger charge is 2.38. The monoisotopic (exact) mass is 298 g/mol. The van der Waals surface area contributed by atoms with Gasteiger partial charge in [-0.1, -0.05) is 18.2 Å². The summed E-state index contributed by atoms with van der Waals surface area (Å²) in [6.45, 7) is 1.59. The van der Waals surface area contributed by atoms with Crippen LogP contribution in [0.5, 0.6) is 0 Å². The second kappa shape index (κ2) is 5.25. The first-order valence-corrected chi connectivity index (χ1v) is 7.73. The van der Waals surface area contributed by atoms with Gasteiger partial charge < -0.3 is 9.52 Å². The minimum Gasteiger partial charge on any atom is -0.476 e. The van der Waals surface area contributed by atoms with Crippen LogP contribution in [-0.4, -0.2) is 33.5 Å². The third kappa shape index (κ3) is 2.31. The molecule has 4 rings (SSSR count). The van der Waals surface area contributed by atoms with Gasteiger partial charge in [-0.2, -0.15) is 0 Å². The summed E-state index contributed by atoms with van der Waals surface area (Å²) in [5.41, 5.74) is 0.848. The molecule has 2 unspecified atom stereocenters. The maximum Gasteiger partial charge on any atom is 0.358 e. The molecule has 0 amide bonds. The highest BCUT2D eigenvalue weighted by Crippen LogP contribution is 2.38. The number of aromatic carboxylic acids is 1. The molecule has 1 aliphatic carbocycles. The molecule has 1 N–H and O–H groups in total. The second-order valence-corrected chi connectivity index (χ2v) is 6.22. The Kier molecular flexibility index (Phi) is 3.22. The van der Waals surface area contributed by atoms with Crippen molar-refractivity contribution in [3.8, 4) is 11.5 Å². The number of carbonyl (C=O) groups is 1. The lowest BCUT2D eigenvalue weighted by Gasteiger charge is -2.25. The number of likely N-dealkylation sites (tertiary alicyclic amines) is 1. The SMILES string of the molecule is O=C(O)c1nc(-c2ccccc2)oc1CN1CC2CCC1C2. The molecule has 2 fully saturated rings. The fourth-order valence-electron chi connectivity index (χ4n) is 3.74. The first-order chi connectivity index (χ1) is 10.7. The Morgan fingerprint density at radius 3 is 2.77 bits per heavy atom. The van der Waals surface area contributed by atoms with Crippen LogP contribution in [0.3, 0.4) is 0 Å². The number of nitrogens with zero attached hydrogens (tertiary/aromatic N) is 2. The van der Waals surface area contributed by atoms with Crippen LogP contribution in [-0.2, 0) is 6.54 Å². The van der Waals surface area contributed by atoms with Gasteiger partial charge in [0.15, 0.2) is 11.5 Å². The molecule has 2 aromatic rings. The van der Waals surface area contributed by atoms with Crippen LogP contribution in [0, 0.1) is 5.92 Å². The minimum atomic E-state index is -1.02. The lowest BCUT2D eigenvalue weighted by atomic mass is 10.1.